The summed E-state index contributed by atoms with van der Waals surface area (Å²) in [6.45, 7) is 0. The summed E-state index contributed by atoms with van der Waals surface area (Å²) in [4.78, 5) is 2.39. The molecule has 0 unspecified atom stereocenters. The fraction of sp³-hybridized carbons (Fsp3) is 0. The van der Waals surface area contributed by atoms with Crippen LogP contribution in [0.25, 0.3) is 54.9 Å². The average molecular weight is 589 g/mol. The number of nitrogen functional groups attached to an aromatic ring is 1. The number of hydrogen-bond acceptors (Lipinski definition) is 2. The van der Waals surface area contributed by atoms with E-state index in [0.29, 0.717) is 0 Å². The van der Waals surface area contributed by atoms with Gasteiger partial charge in [-0.1, -0.05) is 140 Å². The summed E-state index contributed by atoms with van der Waals surface area (Å²) in [5, 5.41) is 4.84. The summed E-state index contributed by atoms with van der Waals surface area (Å²) in [7, 11) is 0. The molecule has 8 aromatic carbocycles. The maximum Gasteiger partial charge on any atom is 0.0546 e. The Bertz CT molecular complexity index is 2260. The Kier molecular flexibility index (Phi) is 7.01. The second kappa shape index (κ2) is 11.8. The second-order valence-corrected chi connectivity index (χ2v) is 11.6. The number of para-hydroxylation sites is 2. The van der Waals surface area contributed by atoms with Crippen LogP contribution >= 0.6 is 0 Å². The summed E-state index contributed by atoms with van der Waals surface area (Å²) in [5.74, 6) is 0. The topological polar surface area (TPSA) is 29.3 Å². The van der Waals surface area contributed by atoms with Gasteiger partial charge in [-0.3, -0.25) is 0 Å². The van der Waals surface area contributed by atoms with Crippen LogP contribution in [0.5, 0.6) is 0 Å². The molecular weight excluding hydrogens is 556 g/mol. The minimum Gasteiger partial charge on any atom is -0.399 e. The zero-order chi connectivity index (χ0) is 30.9. The van der Waals surface area contributed by atoms with Crippen molar-refractivity contribution < 1.29 is 0 Å². The fourth-order valence-electron chi connectivity index (χ4n) is 6.70. The molecule has 2 N–H and O–H groups in total. The van der Waals surface area contributed by atoms with E-state index in [1.54, 1.807) is 0 Å². The van der Waals surface area contributed by atoms with Crippen LogP contribution in [0, 0.1) is 0 Å². The summed E-state index contributed by atoms with van der Waals surface area (Å²) in [6.07, 6.45) is 0. The molecule has 218 valence electrons. The maximum atomic E-state index is 6.20. The summed E-state index contributed by atoms with van der Waals surface area (Å²) in [5.41, 5.74) is 17.3. The van der Waals surface area contributed by atoms with Gasteiger partial charge >= 0.3 is 0 Å². The quantitative estimate of drug-likeness (QED) is 0.196. The van der Waals surface area contributed by atoms with Crippen molar-refractivity contribution in [3.05, 3.63) is 182 Å². The summed E-state index contributed by atoms with van der Waals surface area (Å²) >= 11 is 0. The molecule has 0 aliphatic carbocycles. The van der Waals surface area contributed by atoms with Gasteiger partial charge in [-0.05, 0) is 86.3 Å². The highest BCUT2D eigenvalue weighted by molar-refractivity contribution is 6.13. The lowest BCUT2D eigenvalue weighted by Gasteiger charge is -2.31. The molecule has 0 aliphatic heterocycles. The van der Waals surface area contributed by atoms with Crippen LogP contribution in [0.1, 0.15) is 0 Å². The standard InChI is InChI=1S/C44H32N2/c45-34-27-25-33(26-28-34)39-29-30-42(46(35-17-3-1-4-18-35)36-19-5-2-6-20-36)44(41-24-12-16-32-14-8-10-22-38(32)41)43(39)40-23-11-15-31-13-7-9-21-37(31)40/h1-30H,45H2. The van der Waals surface area contributed by atoms with E-state index in [4.69, 9.17) is 5.73 Å². The van der Waals surface area contributed by atoms with Gasteiger partial charge < -0.3 is 10.6 Å². The molecule has 8 rings (SSSR count). The van der Waals surface area contributed by atoms with E-state index >= 15 is 0 Å². The second-order valence-electron chi connectivity index (χ2n) is 11.6. The van der Waals surface area contributed by atoms with Gasteiger partial charge in [-0.25, -0.2) is 0 Å². The molecule has 0 aromatic heterocycles. The van der Waals surface area contributed by atoms with Gasteiger partial charge in [-0.15, -0.1) is 0 Å². The van der Waals surface area contributed by atoms with Crippen LogP contribution < -0.4 is 10.6 Å². The van der Waals surface area contributed by atoms with E-state index in [1.165, 1.54) is 43.8 Å². The lowest BCUT2D eigenvalue weighted by atomic mass is 9.83. The molecule has 0 aliphatic rings. The van der Waals surface area contributed by atoms with Crippen LogP contribution in [0.2, 0.25) is 0 Å². The third-order valence-corrected chi connectivity index (χ3v) is 8.79. The Morgan fingerprint density at radius 2 is 0.826 bits per heavy atom. The van der Waals surface area contributed by atoms with E-state index in [0.717, 1.165) is 33.9 Å². The molecule has 0 atom stereocenters. The molecule has 0 amide bonds. The lowest BCUT2D eigenvalue weighted by molar-refractivity contribution is 1.28. The Morgan fingerprint density at radius 1 is 0.348 bits per heavy atom. The van der Waals surface area contributed by atoms with Crippen molar-refractivity contribution in [1.82, 2.24) is 0 Å². The Hall–Kier alpha value is -6.12. The van der Waals surface area contributed by atoms with E-state index in [2.05, 4.69) is 175 Å². The van der Waals surface area contributed by atoms with Crippen molar-refractivity contribution in [3.8, 4) is 33.4 Å². The zero-order valence-electron chi connectivity index (χ0n) is 25.3. The lowest BCUT2D eigenvalue weighted by Crippen LogP contribution is -2.12. The maximum absolute atomic E-state index is 6.20. The molecule has 0 saturated heterocycles. The van der Waals surface area contributed by atoms with Gasteiger partial charge in [0.25, 0.3) is 0 Å². The third-order valence-electron chi connectivity index (χ3n) is 8.79. The molecule has 0 radical (unpaired) electrons. The molecule has 0 bridgehead atoms. The predicted molar refractivity (Wildman–Crippen MR) is 197 cm³/mol. The van der Waals surface area contributed by atoms with Crippen molar-refractivity contribution in [2.45, 2.75) is 0 Å². The third kappa shape index (κ3) is 4.87. The van der Waals surface area contributed by atoms with Gasteiger partial charge in [0.15, 0.2) is 0 Å². The monoisotopic (exact) mass is 588 g/mol. The number of fused-ring (bicyclic) bond motifs is 2. The first kappa shape index (κ1) is 27.4. The van der Waals surface area contributed by atoms with Gasteiger partial charge in [0.05, 0.1) is 5.69 Å². The van der Waals surface area contributed by atoms with Crippen LogP contribution in [-0.4, -0.2) is 0 Å². The van der Waals surface area contributed by atoms with Gasteiger partial charge in [-0.2, -0.15) is 0 Å². The van der Waals surface area contributed by atoms with Crippen LogP contribution in [0.4, 0.5) is 22.7 Å². The molecule has 0 spiro atoms. The molecule has 2 heteroatoms. The Morgan fingerprint density at radius 3 is 1.39 bits per heavy atom. The highest BCUT2D eigenvalue weighted by Gasteiger charge is 2.25. The smallest absolute Gasteiger partial charge is 0.0546 e. The first-order valence-corrected chi connectivity index (χ1v) is 15.7. The normalized spacial score (nSPS) is 11.1. The molecule has 0 fully saturated rings. The average Bonchev–Trinajstić information content (AvgIpc) is 3.12. The number of nitrogens with two attached hydrogens (primary N) is 1. The highest BCUT2D eigenvalue weighted by atomic mass is 15.1. The van der Waals surface area contributed by atoms with Gasteiger partial charge in [0.2, 0.25) is 0 Å². The SMILES string of the molecule is Nc1ccc(-c2ccc(N(c3ccccc3)c3ccccc3)c(-c3cccc4ccccc34)c2-c2cccc3ccccc23)cc1. The summed E-state index contributed by atoms with van der Waals surface area (Å²) < 4.78 is 0. The molecule has 2 nitrogen and oxygen atoms in total. The number of rotatable bonds is 6. The van der Waals surface area contributed by atoms with Gasteiger partial charge in [0.1, 0.15) is 0 Å². The van der Waals surface area contributed by atoms with Crippen LogP contribution in [0.15, 0.2) is 182 Å². The van der Waals surface area contributed by atoms with Gasteiger partial charge in [0, 0.05) is 28.2 Å². The van der Waals surface area contributed by atoms with E-state index < -0.39 is 0 Å². The number of benzene rings is 8. The fourth-order valence-corrected chi connectivity index (χ4v) is 6.70. The molecule has 0 heterocycles. The highest BCUT2D eigenvalue weighted by Crippen LogP contribution is 2.51. The number of nitrogens with zero attached hydrogens (tertiary/aromatic N) is 1. The molecular formula is C44H32N2. The number of anilines is 4. The van der Waals surface area contributed by atoms with Crippen molar-refractivity contribution in [2.75, 3.05) is 10.6 Å². The van der Waals surface area contributed by atoms with E-state index in [-0.39, 0.29) is 0 Å². The Labute approximate surface area is 269 Å². The van der Waals surface area contributed by atoms with Crippen molar-refractivity contribution in [3.63, 3.8) is 0 Å². The van der Waals surface area contributed by atoms with E-state index in [9.17, 15) is 0 Å². The minimum atomic E-state index is 0.751. The minimum absolute atomic E-state index is 0.751. The van der Waals surface area contributed by atoms with Crippen LogP contribution in [-0.2, 0) is 0 Å². The van der Waals surface area contributed by atoms with E-state index in [1.807, 2.05) is 12.1 Å². The zero-order valence-corrected chi connectivity index (χ0v) is 25.3. The van der Waals surface area contributed by atoms with Crippen molar-refractivity contribution in [1.29, 1.82) is 0 Å². The van der Waals surface area contributed by atoms with Crippen LogP contribution in [0.3, 0.4) is 0 Å². The van der Waals surface area contributed by atoms with Crippen molar-refractivity contribution in [2.24, 2.45) is 0 Å². The molecule has 0 saturated carbocycles. The van der Waals surface area contributed by atoms with Crippen molar-refractivity contribution >= 4 is 44.3 Å². The summed E-state index contributed by atoms with van der Waals surface area (Å²) in [6, 6.07) is 64.8. The largest absolute Gasteiger partial charge is 0.399 e. The Balaban J connectivity index is 1.58. The first-order chi connectivity index (χ1) is 22.8. The molecule has 8 aromatic rings. The molecule has 46 heavy (non-hydrogen) atoms. The number of hydrogen-bond donors (Lipinski definition) is 1. The first-order valence-electron chi connectivity index (χ1n) is 15.7. The predicted octanol–water partition coefficient (Wildman–Crippen LogP) is 12.0.